The van der Waals surface area contributed by atoms with E-state index in [0.717, 1.165) is 29.3 Å². The molecule has 1 heterocycles. The molecule has 0 bridgehead atoms. The van der Waals surface area contributed by atoms with Gasteiger partial charge in [0.25, 0.3) is 11.8 Å². The molecule has 0 aliphatic carbocycles. The van der Waals surface area contributed by atoms with Gasteiger partial charge in [-0.15, -0.1) is 0 Å². The van der Waals surface area contributed by atoms with Crippen LogP contribution in [0.25, 0.3) is 10.8 Å². The number of carbonyl (C=O) groups excluding carboxylic acids is 2. The molecule has 2 amide bonds. The maximum Gasteiger partial charge on any atom is 0.256 e. The fraction of sp³-hybridized carbons (Fsp3) is 0.182. The number of nitrogens with one attached hydrogen (secondary N) is 1. The smallest absolute Gasteiger partial charge is 0.256 e. The molecule has 0 radical (unpaired) electrons. The molecule has 1 aliphatic heterocycles. The van der Waals surface area contributed by atoms with Gasteiger partial charge in [-0.3, -0.25) is 9.59 Å². The largest absolute Gasteiger partial charge is 0.334 e. The second kappa shape index (κ2) is 6.64. The van der Waals surface area contributed by atoms with Crippen LogP contribution >= 0.6 is 0 Å². The Kier molecular flexibility index (Phi) is 4.17. The van der Waals surface area contributed by atoms with Crippen molar-refractivity contribution in [2.75, 3.05) is 11.9 Å². The van der Waals surface area contributed by atoms with Gasteiger partial charge in [-0.2, -0.15) is 0 Å². The van der Waals surface area contributed by atoms with Gasteiger partial charge in [0.1, 0.15) is 0 Å². The van der Waals surface area contributed by atoms with E-state index >= 15 is 0 Å². The zero-order chi connectivity index (χ0) is 18.1. The zero-order valence-electron chi connectivity index (χ0n) is 14.7. The lowest BCUT2D eigenvalue weighted by Gasteiger charge is -2.14. The summed E-state index contributed by atoms with van der Waals surface area (Å²) in [7, 11) is 0. The van der Waals surface area contributed by atoms with E-state index in [0.29, 0.717) is 23.4 Å². The van der Waals surface area contributed by atoms with Crippen LogP contribution in [0.2, 0.25) is 0 Å². The van der Waals surface area contributed by atoms with Crippen molar-refractivity contribution >= 4 is 28.3 Å². The molecule has 4 rings (SSSR count). The van der Waals surface area contributed by atoms with Crippen molar-refractivity contribution in [3.05, 3.63) is 77.4 Å². The van der Waals surface area contributed by atoms with Gasteiger partial charge in [0.2, 0.25) is 0 Å². The highest BCUT2D eigenvalue weighted by Gasteiger charge is 2.29. The molecule has 0 saturated carbocycles. The Morgan fingerprint density at radius 3 is 2.65 bits per heavy atom. The Morgan fingerprint density at radius 1 is 1.04 bits per heavy atom. The quantitative estimate of drug-likeness (QED) is 0.760. The van der Waals surface area contributed by atoms with Crippen LogP contribution in [0, 0.1) is 0 Å². The topological polar surface area (TPSA) is 49.4 Å². The van der Waals surface area contributed by atoms with Crippen molar-refractivity contribution in [2.45, 2.75) is 19.9 Å². The predicted octanol–water partition coefficient (Wildman–Crippen LogP) is 4.46. The first-order valence-electron chi connectivity index (χ1n) is 8.89. The summed E-state index contributed by atoms with van der Waals surface area (Å²) >= 11 is 0. The lowest BCUT2D eigenvalue weighted by atomic mass is 10.0. The minimum Gasteiger partial charge on any atom is -0.334 e. The van der Waals surface area contributed by atoms with Gasteiger partial charge in [0, 0.05) is 18.7 Å². The third-order valence-corrected chi connectivity index (χ3v) is 4.79. The average Bonchev–Trinajstić information content (AvgIpc) is 2.98. The van der Waals surface area contributed by atoms with E-state index in [-0.39, 0.29) is 11.8 Å². The summed E-state index contributed by atoms with van der Waals surface area (Å²) in [5.74, 6) is -0.201. The zero-order valence-corrected chi connectivity index (χ0v) is 14.7. The third kappa shape index (κ3) is 2.73. The minimum absolute atomic E-state index is 0.00401. The van der Waals surface area contributed by atoms with Crippen LogP contribution in [-0.2, 0) is 6.54 Å². The number of benzene rings is 3. The molecule has 1 aliphatic rings. The van der Waals surface area contributed by atoms with Crippen molar-refractivity contribution in [1.82, 2.24) is 4.90 Å². The minimum atomic E-state index is -0.197. The number of anilines is 1. The maximum absolute atomic E-state index is 12.9. The number of rotatable bonds is 4. The maximum atomic E-state index is 12.9. The first kappa shape index (κ1) is 16.3. The van der Waals surface area contributed by atoms with Gasteiger partial charge in [-0.05, 0) is 34.9 Å². The molecule has 0 spiro atoms. The first-order chi connectivity index (χ1) is 12.7. The molecule has 4 nitrogen and oxygen atoms in total. The summed E-state index contributed by atoms with van der Waals surface area (Å²) in [5, 5.41) is 4.88. The molecule has 0 saturated heterocycles. The van der Waals surface area contributed by atoms with Crippen molar-refractivity contribution in [1.29, 1.82) is 0 Å². The van der Waals surface area contributed by atoms with Gasteiger partial charge in [0.15, 0.2) is 0 Å². The van der Waals surface area contributed by atoms with Crippen molar-refractivity contribution < 1.29 is 9.59 Å². The highest BCUT2D eigenvalue weighted by molar-refractivity contribution is 6.15. The van der Waals surface area contributed by atoms with Crippen LogP contribution in [0.15, 0.2) is 60.7 Å². The summed E-state index contributed by atoms with van der Waals surface area (Å²) in [6.45, 7) is 3.39. The second-order valence-corrected chi connectivity index (χ2v) is 6.55. The predicted molar refractivity (Wildman–Crippen MR) is 103 cm³/mol. The monoisotopic (exact) mass is 344 g/mol. The summed E-state index contributed by atoms with van der Waals surface area (Å²) in [6, 6.07) is 19.1. The lowest BCUT2D eigenvalue weighted by Crippen LogP contribution is -2.25. The first-order valence-corrected chi connectivity index (χ1v) is 8.89. The molecular formula is C22H20N2O2. The molecule has 130 valence electrons. The van der Waals surface area contributed by atoms with Crippen LogP contribution in [0.1, 0.15) is 39.6 Å². The van der Waals surface area contributed by atoms with Crippen molar-refractivity contribution in [2.24, 2.45) is 0 Å². The molecule has 26 heavy (non-hydrogen) atoms. The number of fused-ring (bicyclic) bond motifs is 2. The molecule has 0 atom stereocenters. The molecule has 3 aromatic rings. The average molecular weight is 344 g/mol. The van der Waals surface area contributed by atoms with Crippen LogP contribution in [0.3, 0.4) is 0 Å². The fourth-order valence-corrected chi connectivity index (χ4v) is 3.59. The molecule has 0 aromatic heterocycles. The highest BCUT2D eigenvalue weighted by atomic mass is 16.2. The van der Waals surface area contributed by atoms with E-state index in [2.05, 4.69) is 12.2 Å². The van der Waals surface area contributed by atoms with E-state index in [1.807, 2.05) is 59.5 Å². The number of nitrogens with zero attached hydrogens (tertiary/aromatic N) is 1. The van der Waals surface area contributed by atoms with Gasteiger partial charge in [-0.25, -0.2) is 0 Å². The van der Waals surface area contributed by atoms with Crippen LogP contribution < -0.4 is 5.32 Å². The van der Waals surface area contributed by atoms with E-state index in [1.54, 1.807) is 6.07 Å². The van der Waals surface area contributed by atoms with Gasteiger partial charge in [0.05, 0.1) is 11.3 Å². The molecule has 4 heteroatoms. The molecule has 0 fully saturated rings. The van der Waals surface area contributed by atoms with E-state index in [1.165, 1.54) is 0 Å². The summed E-state index contributed by atoms with van der Waals surface area (Å²) in [6.07, 6.45) is 0.914. The standard InChI is InChI=1S/C22H20N2O2/c1-2-13-24-14-16-9-6-12-19(20(16)22(24)26)23-21(25)18-11-5-8-15-7-3-4-10-17(15)18/h3-12H,2,13-14H2,1H3,(H,23,25). The van der Waals surface area contributed by atoms with Gasteiger partial charge < -0.3 is 10.2 Å². The third-order valence-electron chi connectivity index (χ3n) is 4.79. The Morgan fingerprint density at radius 2 is 1.81 bits per heavy atom. The van der Waals surface area contributed by atoms with Crippen molar-refractivity contribution in [3.63, 3.8) is 0 Å². The van der Waals surface area contributed by atoms with Crippen LogP contribution in [0.4, 0.5) is 5.69 Å². The van der Waals surface area contributed by atoms with E-state index in [9.17, 15) is 9.59 Å². The normalized spacial score (nSPS) is 13.1. The van der Waals surface area contributed by atoms with Crippen LogP contribution in [-0.4, -0.2) is 23.3 Å². The fourth-order valence-electron chi connectivity index (χ4n) is 3.59. The number of hydrogen-bond acceptors (Lipinski definition) is 2. The summed E-state index contributed by atoms with van der Waals surface area (Å²) < 4.78 is 0. The second-order valence-electron chi connectivity index (χ2n) is 6.55. The summed E-state index contributed by atoms with van der Waals surface area (Å²) in [5.41, 5.74) is 2.79. The van der Waals surface area contributed by atoms with Gasteiger partial charge >= 0.3 is 0 Å². The Balaban J connectivity index is 1.68. The Hall–Kier alpha value is -3.14. The van der Waals surface area contributed by atoms with E-state index < -0.39 is 0 Å². The molecular weight excluding hydrogens is 324 g/mol. The Bertz CT molecular complexity index is 1000. The van der Waals surface area contributed by atoms with Crippen molar-refractivity contribution in [3.8, 4) is 0 Å². The highest BCUT2D eigenvalue weighted by Crippen LogP contribution is 2.30. The SMILES string of the molecule is CCCN1Cc2cccc(NC(=O)c3cccc4ccccc34)c2C1=O. The molecule has 3 aromatic carbocycles. The van der Waals surface area contributed by atoms with Crippen LogP contribution in [0.5, 0.6) is 0 Å². The number of amides is 2. The molecule has 1 N–H and O–H groups in total. The molecule has 0 unspecified atom stereocenters. The number of hydrogen-bond donors (Lipinski definition) is 1. The van der Waals surface area contributed by atoms with E-state index in [4.69, 9.17) is 0 Å². The number of carbonyl (C=O) groups is 2. The summed E-state index contributed by atoms with van der Waals surface area (Å²) in [4.78, 5) is 27.4. The van der Waals surface area contributed by atoms with Gasteiger partial charge in [-0.1, -0.05) is 55.5 Å². The Labute approximate surface area is 152 Å². The lowest BCUT2D eigenvalue weighted by molar-refractivity contribution is 0.0779.